The first kappa shape index (κ1) is 10.0. The zero-order valence-corrected chi connectivity index (χ0v) is 8.27. The summed E-state index contributed by atoms with van der Waals surface area (Å²) in [4.78, 5) is 0. The van der Waals surface area contributed by atoms with E-state index in [2.05, 4.69) is 19.2 Å². The van der Waals surface area contributed by atoms with Crippen molar-refractivity contribution in [2.24, 2.45) is 11.3 Å². The van der Waals surface area contributed by atoms with Gasteiger partial charge in [0.25, 0.3) is 0 Å². The Morgan fingerprint density at radius 2 is 2.08 bits per heavy atom. The zero-order valence-electron chi connectivity index (χ0n) is 8.27. The van der Waals surface area contributed by atoms with Crippen molar-refractivity contribution in [2.45, 2.75) is 33.1 Å². The molecule has 1 aliphatic carbocycles. The van der Waals surface area contributed by atoms with Gasteiger partial charge in [0.2, 0.25) is 0 Å². The summed E-state index contributed by atoms with van der Waals surface area (Å²) in [5.41, 5.74) is 0.607. The minimum absolute atomic E-state index is 0.307. The maximum atomic E-state index is 8.58. The van der Waals surface area contributed by atoms with Crippen molar-refractivity contribution in [3.05, 3.63) is 0 Å². The largest absolute Gasteiger partial charge is 0.396 e. The van der Waals surface area contributed by atoms with Crippen molar-refractivity contribution >= 4 is 0 Å². The second-order valence-electron chi connectivity index (χ2n) is 4.27. The number of nitrogens with one attached hydrogen (secondary N) is 1. The first-order chi connectivity index (χ1) is 5.71. The molecule has 0 heterocycles. The van der Waals surface area contributed by atoms with E-state index in [4.69, 9.17) is 5.11 Å². The highest BCUT2D eigenvalue weighted by atomic mass is 16.3. The molecule has 1 rings (SSSR count). The quantitative estimate of drug-likeness (QED) is 0.592. The minimum Gasteiger partial charge on any atom is -0.396 e. The van der Waals surface area contributed by atoms with E-state index in [1.807, 2.05) is 0 Å². The molecule has 0 aromatic carbocycles. The molecular weight excluding hydrogens is 150 g/mol. The third-order valence-corrected chi connectivity index (χ3v) is 3.11. The number of aliphatic hydroxyl groups excluding tert-OH is 1. The molecule has 2 N–H and O–H groups in total. The van der Waals surface area contributed by atoms with E-state index >= 15 is 0 Å². The summed E-state index contributed by atoms with van der Waals surface area (Å²) in [6.45, 7) is 7.03. The monoisotopic (exact) mass is 171 g/mol. The van der Waals surface area contributed by atoms with Gasteiger partial charge in [-0.1, -0.05) is 13.8 Å². The fourth-order valence-electron chi connectivity index (χ4n) is 1.66. The minimum atomic E-state index is 0.307. The summed E-state index contributed by atoms with van der Waals surface area (Å²) in [7, 11) is 0. The molecule has 2 nitrogen and oxygen atoms in total. The van der Waals surface area contributed by atoms with E-state index in [1.54, 1.807) is 0 Å². The molecule has 0 bridgehead atoms. The second-order valence-corrected chi connectivity index (χ2v) is 4.27. The molecule has 0 amide bonds. The fraction of sp³-hybridized carbons (Fsp3) is 1.00. The molecule has 0 atom stereocenters. The Kier molecular flexibility index (Phi) is 3.53. The molecule has 0 unspecified atom stereocenters. The van der Waals surface area contributed by atoms with Crippen LogP contribution in [0.25, 0.3) is 0 Å². The van der Waals surface area contributed by atoms with Gasteiger partial charge in [-0.15, -0.1) is 0 Å². The van der Waals surface area contributed by atoms with Crippen molar-refractivity contribution in [2.75, 3.05) is 19.7 Å². The molecule has 0 aromatic heterocycles. The molecule has 1 fully saturated rings. The number of rotatable bonds is 6. The van der Waals surface area contributed by atoms with Crippen LogP contribution in [0.5, 0.6) is 0 Å². The third kappa shape index (κ3) is 2.46. The average Bonchev–Trinajstić information content (AvgIpc) is 2.79. The van der Waals surface area contributed by atoms with E-state index in [1.165, 1.54) is 12.8 Å². The highest BCUT2D eigenvalue weighted by molar-refractivity contribution is 4.96. The summed E-state index contributed by atoms with van der Waals surface area (Å²) in [6, 6.07) is 0. The van der Waals surface area contributed by atoms with Gasteiger partial charge in [-0.2, -0.15) is 0 Å². The van der Waals surface area contributed by atoms with Gasteiger partial charge in [-0.05, 0) is 37.1 Å². The molecule has 0 aromatic rings. The first-order valence-electron chi connectivity index (χ1n) is 5.03. The van der Waals surface area contributed by atoms with Gasteiger partial charge in [0.1, 0.15) is 0 Å². The van der Waals surface area contributed by atoms with Crippen LogP contribution in [0.2, 0.25) is 0 Å². The van der Waals surface area contributed by atoms with E-state index in [-0.39, 0.29) is 0 Å². The number of hydrogen-bond acceptors (Lipinski definition) is 2. The summed E-state index contributed by atoms with van der Waals surface area (Å²) >= 11 is 0. The Bertz CT molecular complexity index is 130. The van der Waals surface area contributed by atoms with Crippen LogP contribution in [-0.2, 0) is 0 Å². The lowest BCUT2D eigenvalue weighted by Gasteiger charge is -2.19. The van der Waals surface area contributed by atoms with Crippen LogP contribution in [0.3, 0.4) is 0 Å². The van der Waals surface area contributed by atoms with E-state index in [9.17, 15) is 0 Å². The van der Waals surface area contributed by atoms with E-state index in [0.29, 0.717) is 12.0 Å². The Morgan fingerprint density at radius 3 is 2.50 bits per heavy atom. The molecule has 1 saturated carbocycles. The lowest BCUT2D eigenvalue weighted by Crippen LogP contribution is -2.28. The molecule has 0 saturated heterocycles. The average molecular weight is 171 g/mol. The molecule has 2 heteroatoms. The molecule has 0 radical (unpaired) electrons. The zero-order chi connectivity index (χ0) is 9.03. The van der Waals surface area contributed by atoms with Crippen LogP contribution >= 0.6 is 0 Å². The first-order valence-corrected chi connectivity index (χ1v) is 5.03. The Balaban J connectivity index is 2.06. The van der Waals surface area contributed by atoms with Crippen molar-refractivity contribution in [1.29, 1.82) is 0 Å². The highest BCUT2D eigenvalue weighted by Crippen LogP contribution is 2.51. The van der Waals surface area contributed by atoms with Crippen LogP contribution in [0.4, 0.5) is 0 Å². The maximum absolute atomic E-state index is 8.58. The van der Waals surface area contributed by atoms with Gasteiger partial charge < -0.3 is 10.4 Å². The highest BCUT2D eigenvalue weighted by Gasteiger charge is 2.44. The lowest BCUT2D eigenvalue weighted by molar-refractivity contribution is 0.278. The van der Waals surface area contributed by atoms with Gasteiger partial charge >= 0.3 is 0 Å². The van der Waals surface area contributed by atoms with Crippen molar-refractivity contribution in [3.8, 4) is 0 Å². The molecule has 12 heavy (non-hydrogen) atoms. The third-order valence-electron chi connectivity index (χ3n) is 3.11. The van der Waals surface area contributed by atoms with Crippen LogP contribution in [-0.4, -0.2) is 24.8 Å². The summed E-state index contributed by atoms with van der Waals surface area (Å²) < 4.78 is 0. The molecule has 1 aliphatic rings. The van der Waals surface area contributed by atoms with Crippen molar-refractivity contribution < 1.29 is 5.11 Å². The molecular formula is C10H21NO. The van der Waals surface area contributed by atoms with Gasteiger partial charge in [0, 0.05) is 13.2 Å². The van der Waals surface area contributed by atoms with Crippen molar-refractivity contribution in [1.82, 2.24) is 5.32 Å². The van der Waals surface area contributed by atoms with E-state index < -0.39 is 0 Å². The molecule has 0 aliphatic heterocycles. The van der Waals surface area contributed by atoms with Crippen LogP contribution in [0, 0.1) is 11.3 Å². The second kappa shape index (κ2) is 4.24. The summed E-state index contributed by atoms with van der Waals surface area (Å²) in [5.74, 6) is 0.805. The summed E-state index contributed by atoms with van der Waals surface area (Å²) in [5, 5.41) is 12.0. The van der Waals surface area contributed by atoms with Crippen molar-refractivity contribution in [3.63, 3.8) is 0 Å². The standard InChI is InChI=1S/C10H21NO/c1-9(2)10(4-5-10)8-11-6-3-7-12/h9,11-12H,3-8H2,1-2H3. The lowest BCUT2D eigenvalue weighted by atomic mass is 9.92. The van der Waals surface area contributed by atoms with Gasteiger partial charge in [0.15, 0.2) is 0 Å². The van der Waals surface area contributed by atoms with Crippen LogP contribution in [0.1, 0.15) is 33.1 Å². The van der Waals surface area contributed by atoms with E-state index in [0.717, 1.165) is 25.4 Å². The van der Waals surface area contributed by atoms with Crippen LogP contribution in [0.15, 0.2) is 0 Å². The summed E-state index contributed by atoms with van der Waals surface area (Å²) in [6.07, 6.45) is 3.65. The SMILES string of the molecule is CC(C)C1(CNCCCO)CC1. The topological polar surface area (TPSA) is 32.3 Å². The normalized spacial score (nSPS) is 20.0. The van der Waals surface area contributed by atoms with Gasteiger partial charge in [0.05, 0.1) is 0 Å². The van der Waals surface area contributed by atoms with Gasteiger partial charge in [-0.25, -0.2) is 0 Å². The van der Waals surface area contributed by atoms with Gasteiger partial charge in [-0.3, -0.25) is 0 Å². The maximum Gasteiger partial charge on any atom is 0.0443 e. The fourth-order valence-corrected chi connectivity index (χ4v) is 1.66. The predicted molar refractivity (Wildman–Crippen MR) is 51.1 cm³/mol. The molecule has 72 valence electrons. The Hall–Kier alpha value is -0.0800. The number of hydrogen-bond donors (Lipinski definition) is 2. The number of aliphatic hydroxyl groups is 1. The predicted octanol–water partition coefficient (Wildman–Crippen LogP) is 1.39. The Labute approximate surface area is 75.4 Å². The molecule has 0 spiro atoms. The van der Waals surface area contributed by atoms with Crippen LogP contribution < -0.4 is 5.32 Å². The Morgan fingerprint density at radius 1 is 1.42 bits per heavy atom. The smallest absolute Gasteiger partial charge is 0.0443 e.